The van der Waals surface area contributed by atoms with Crippen molar-refractivity contribution in [3.63, 3.8) is 0 Å². The van der Waals surface area contributed by atoms with Crippen molar-refractivity contribution >= 4 is 5.97 Å². The predicted octanol–water partition coefficient (Wildman–Crippen LogP) is 1.31. The average Bonchev–Trinajstić information content (AvgIpc) is 2.34. The van der Waals surface area contributed by atoms with E-state index in [4.69, 9.17) is 6.42 Å². The predicted molar refractivity (Wildman–Crippen MR) is 58.6 cm³/mol. The standard InChI is InChI=1S/C12H16NO3/c1-7-8-9(10(14)16-6)12(4,5)13(15)11(8,2)3/h1H,2-6H3. The molecule has 0 spiro atoms. The molecule has 0 aromatic heterocycles. The molecular formula is C12H16NO3. The van der Waals surface area contributed by atoms with Gasteiger partial charge in [0.05, 0.1) is 23.8 Å². The van der Waals surface area contributed by atoms with Gasteiger partial charge in [0, 0.05) is 5.57 Å². The van der Waals surface area contributed by atoms with E-state index in [0.717, 1.165) is 5.06 Å². The third-order valence-corrected chi connectivity index (χ3v) is 3.02. The molecule has 0 atom stereocenters. The van der Waals surface area contributed by atoms with Crippen LogP contribution >= 0.6 is 0 Å². The van der Waals surface area contributed by atoms with Crippen molar-refractivity contribution in [3.8, 4) is 12.3 Å². The lowest BCUT2D eigenvalue weighted by molar-refractivity contribution is -0.240. The summed E-state index contributed by atoms with van der Waals surface area (Å²) in [7, 11) is 1.28. The van der Waals surface area contributed by atoms with E-state index in [-0.39, 0.29) is 5.57 Å². The number of methoxy groups -OCH3 is 1. The maximum absolute atomic E-state index is 12.1. The topological polar surface area (TPSA) is 49.4 Å². The summed E-state index contributed by atoms with van der Waals surface area (Å²) in [6.07, 6.45) is 5.39. The normalized spacial score (nSPS) is 23.1. The van der Waals surface area contributed by atoms with E-state index in [0.29, 0.717) is 5.57 Å². The molecule has 0 amide bonds. The van der Waals surface area contributed by atoms with Crippen molar-refractivity contribution in [2.75, 3.05) is 7.11 Å². The molecule has 0 aliphatic carbocycles. The van der Waals surface area contributed by atoms with Gasteiger partial charge in [0.15, 0.2) is 0 Å². The first-order valence-corrected chi connectivity index (χ1v) is 4.98. The SMILES string of the molecule is C#CC1=C(C(=O)OC)C(C)(C)N([O])C1(C)C. The van der Waals surface area contributed by atoms with E-state index >= 15 is 0 Å². The highest BCUT2D eigenvalue weighted by Gasteiger charge is 2.54. The fraction of sp³-hybridized carbons (Fsp3) is 0.583. The summed E-state index contributed by atoms with van der Waals surface area (Å²) in [6.45, 7) is 6.73. The van der Waals surface area contributed by atoms with Crippen LogP contribution in [0.1, 0.15) is 27.7 Å². The zero-order chi connectivity index (χ0) is 12.7. The lowest BCUT2D eigenvalue weighted by Crippen LogP contribution is -2.48. The van der Waals surface area contributed by atoms with E-state index in [2.05, 4.69) is 10.7 Å². The molecule has 0 aromatic rings. The molecule has 0 bridgehead atoms. The number of ether oxygens (including phenoxy) is 1. The van der Waals surface area contributed by atoms with E-state index in [1.54, 1.807) is 27.7 Å². The number of hydrogen-bond acceptors (Lipinski definition) is 3. The third-order valence-electron chi connectivity index (χ3n) is 3.02. The van der Waals surface area contributed by atoms with Crippen LogP contribution in [0.15, 0.2) is 11.1 Å². The Kier molecular flexibility index (Phi) is 2.88. The molecule has 1 radical (unpaired) electrons. The first-order chi connectivity index (χ1) is 7.21. The van der Waals surface area contributed by atoms with Gasteiger partial charge in [0.2, 0.25) is 0 Å². The van der Waals surface area contributed by atoms with Crippen LogP contribution in [-0.2, 0) is 14.7 Å². The molecule has 0 saturated carbocycles. The molecule has 1 aliphatic rings. The number of carbonyl (C=O) groups excluding carboxylic acids is 1. The van der Waals surface area contributed by atoms with Crippen LogP contribution in [0.25, 0.3) is 0 Å². The van der Waals surface area contributed by atoms with E-state index in [1.807, 2.05) is 0 Å². The van der Waals surface area contributed by atoms with E-state index < -0.39 is 17.0 Å². The smallest absolute Gasteiger partial charge is 0.336 e. The number of terminal acetylenes is 1. The maximum atomic E-state index is 12.1. The fourth-order valence-electron chi connectivity index (χ4n) is 2.22. The van der Waals surface area contributed by atoms with Crippen LogP contribution in [-0.4, -0.2) is 29.2 Å². The molecule has 0 saturated heterocycles. The van der Waals surface area contributed by atoms with Gasteiger partial charge in [0.1, 0.15) is 0 Å². The minimum Gasteiger partial charge on any atom is -0.466 e. The Labute approximate surface area is 95.8 Å². The summed E-state index contributed by atoms with van der Waals surface area (Å²) in [4.78, 5) is 11.7. The molecule has 0 fully saturated rings. The maximum Gasteiger partial charge on any atom is 0.336 e. The van der Waals surface area contributed by atoms with E-state index in [9.17, 15) is 10.0 Å². The van der Waals surface area contributed by atoms with Crippen LogP contribution < -0.4 is 0 Å². The Hall–Kier alpha value is -1.31. The van der Waals surface area contributed by atoms with Gasteiger partial charge < -0.3 is 4.74 Å². The van der Waals surface area contributed by atoms with Crippen LogP contribution in [0.3, 0.4) is 0 Å². The molecule has 16 heavy (non-hydrogen) atoms. The molecule has 1 rings (SSSR count). The molecule has 1 aliphatic heterocycles. The number of rotatable bonds is 1. The average molecular weight is 222 g/mol. The highest BCUT2D eigenvalue weighted by Crippen LogP contribution is 2.44. The molecule has 4 heteroatoms. The van der Waals surface area contributed by atoms with Gasteiger partial charge in [-0.2, -0.15) is 0 Å². The Bertz CT molecular complexity index is 399. The fourth-order valence-corrected chi connectivity index (χ4v) is 2.22. The van der Waals surface area contributed by atoms with Gasteiger partial charge in [0.25, 0.3) is 0 Å². The number of esters is 1. The highest BCUT2D eigenvalue weighted by molar-refractivity contribution is 5.94. The van der Waals surface area contributed by atoms with Gasteiger partial charge in [-0.05, 0) is 27.7 Å². The van der Waals surface area contributed by atoms with Gasteiger partial charge in [-0.15, -0.1) is 16.7 Å². The van der Waals surface area contributed by atoms with Crippen molar-refractivity contribution in [2.45, 2.75) is 38.8 Å². The summed E-state index contributed by atoms with van der Waals surface area (Å²) < 4.78 is 4.69. The van der Waals surface area contributed by atoms with Gasteiger partial charge >= 0.3 is 5.97 Å². The van der Waals surface area contributed by atoms with Crippen LogP contribution in [0.5, 0.6) is 0 Å². The Morgan fingerprint density at radius 3 is 2.19 bits per heavy atom. The first-order valence-electron chi connectivity index (χ1n) is 4.98. The van der Waals surface area contributed by atoms with Crippen molar-refractivity contribution in [3.05, 3.63) is 11.1 Å². The number of hydrogen-bond donors (Lipinski definition) is 0. The van der Waals surface area contributed by atoms with Gasteiger partial charge in [-0.3, -0.25) is 0 Å². The summed E-state index contributed by atoms with van der Waals surface area (Å²) in [5.41, 5.74) is -1.16. The number of carbonyl (C=O) groups is 1. The highest BCUT2D eigenvalue weighted by atomic mass is 16.5. The second-order valence-corrected chi connectivity index (χ2v) is 4.80. The quantitative estimate of drug-likeness (QED) is 0.496. The Morgan fingerprint density at radius 1 is 1.31 bits per heavy atom. The second-order valence-electron chi connectivity index (χ2n) is 4.80. The van der Waals surface area contributed by atoms with E-state index in [1.165, 1.54) is 7.11 Å². The van der Waals surface area contributed by atoms with Crippen LogP contribution in [0.4, 0.5) is 0 Å². The van der Waals surface area contributed by atoms with Crippen LogP contribution in [0.2, 0.25) is 0 Å². The molecule has 0 aromatic carbocycles. The molecule has 0 unspecified atom stereocenters. The summed E-state index contributed by atoms with van der Waals surface area (Å²) in [6, 6.07) is 0. The lowest BCUT2D eigenvalue weighted by Gasteiger charge is -2.33. The first kappa shape index (κ1) is 12.8. The minimum absolute atomic E-state index is 0.275. The zero-order valence-electron chi connectivity index (χ0n) is 10.2. The monoisotopic (exact) mass is 222 g/mol. The molecule has 87 valence electrons. The van der Waals surface area contributed by atoms with Crippen molar-refractivity contribution in [2.24, 2.45) is 0 Å². The number of hydroxylamine groups is 2. The third kappa shape index (κ3) is 1.44. The second kappa shape index (κ2) is 3.62. The molecular weight excluding hydrogens is 206 g/mol. The van der Waals surface area contributed by atoms with Crippen molar-refractivity contribution in [1.82, 2.24) is 5.06 Å². The van der Waals surface area contributed by atoms with Crippen molar-refractivity contribution < 1.29 is 14.7 Å². The zero-order valence-corrected chi connectivity index (χ0v) is 10.2. The van der Waals surface area contributed by atoms with Crippen molar-refractivity contribution in [1.29, 1.82) is 0 Å². The van der Waals surface area contributed by atoms with Crippen LogP contribution in [0, 0.1) is 12.3 Å². The van der Waals surface area contributed by atoms with Gasteiger partial charge in [-0.25, -0.2) is 4.79 Å². The lowest BCUT2D eigenvalue weighted by atomic mass is 9.91. The molecule has 4 nitrogen and oxygen atoms in total. The summed E-state index contributed by atoms with van der Waals surface area (Å²) in [5, 5.41) is 13.0. The minimum atomic E-state index is -0.960. The Balaban J connectivity index is 3.48. The number of nitrogens with zero attached hydrogens (tertiary/aromatic N) is 1. The Morgan fingerprint density at radius 2 is 1.81 bits per heavy atom. The summed E-state index contributed by atoms with van der Waals surface area (Å²) in [5.74, 6) is 1.91. The molecule has 0 N–H and O–H groups in total. The largest absolute Gasteiger partial charge is 0.466 e. The van der Waals surface area contributed by atoms with Gasteiger partial charge in [-0.1, -0.05) is 5.92 Å². The summed E-state index contributed by atoms with van der Waals surface area (Å²) >= 11 is 0. The molecule has 1 heterocycles.